The van der Waals surface area contributed by atoms with Gasteiger partial charge in [0.1, 0.15) is 0 Å². The monoisotopic (exact) mass is 308 g/mol. The van der Waals surface area contributed by atoms with Gasteiger partial charge in [0.25, 0.3) is 0 Å². The molecule has 0 heterocycles. The van der Waals surface area contributed by atoms with E-state index in [2.05, 4.69) is 4.72 Å². The highest BCUT2D eigenvalue weighted by atomic mass is 32.2. The zero-order valence-corrected chi connectivity index (χ0v) is 11.3. The maximum atomic E-state index is 12.9. The van der Waals surface area contributed by atoms with Gasteiger partial charge in [-0.15, -0.1) is 0 Å². The van der Waals surface area contributed by atoms with Gasteiger partial charge in [-0.1, -0.05) is 12.1 Å². The van der Waals surface area contributed by atoms with E-state index in [1.807, 2.05) is 0 Å². The molecule has 1 aromatic carbocycles. The van der Waals surface area contributed by atoms with Gasteiger partial charge in [0.05, 0.1) is 10.5 Å². The van der Waals surface area contributed by atoms with E-state index in [9.17, 15) is 21.6 Å². The van der Waals surface area contributed by atoms with Gasteiger partial charge in [-0.05, 0) is 30.9 Å². The second-order valence-corrected chi connectivity index (χ2v) is 6.48. The zero-order chi connectivity index (χ0) is 15.0. The molecule has 1 aliphatic carbocycles. The molecule has 0 aromatic heterocycles. The molecule has 1 unspecified atom stereocenters. The fourth-order valence-corrected chi connectivity index (χ4v) is 3.58. The average molecular weight is 308 g/mol. The predicted molar refractivity (Wildman–Crippen MR) is 67.3 cm³/mol. The first-order valence-electron chi connectivity index (χ1n) is 6.14. The summed E-state index contributed by atoms with van der Waals surface area (Å²) in [6.07, 6.45) is -3.04. The summed E-state index contributed by atoms with van der Waals surface area (Å²) in [6, 6.07) is 3.61. The van der Waals surface area contributed by atoms with E-state index in [-0.39, 0.29) is 12.5 Å². The largest absolute Gasteiger partial charge is 0.417 e. The molecule has 0 aliphatic heterocycles. The highest BCUT2D eigenvalue weighted by Crippen LogP contribution is 2.36. The van der Waals surface area contributed by atoms with Crippen molar-refractivity contribution in [3.8, 4) is 0 Å². The third-order valence-electron chi connectivity index (χ3n) is 3.23. The van der Waals surface area contributed by atoms with Gasteiger partial charge < -0.3 is 5.73 Å². The average Bonchev–Trinajstić information content (AvgIpc) is 3.19. The number of nitrogens with one attached hydrogen (secondary N) is 1. The normalized spacial score (nSPS) is 18.0. The lowest BCUT2D eigenvalue weighted by molar-refractivity contribution is -0.139. The molecular formula is C12H15F3N2O2S. The van der Waals surface area contributed by atoms with Crippen molar-refractivity contribution >= 4 is 10.0 Å². The minimum Gasteiger partial charge on any atom is -0.329 e. The fourth-order valence-electron chi connectivity index (χ4n) is 2.03. The van der Waals surface area contributed by atoms with Gasteiger partial charge >= 0.3 is 6.18 Å². The summed E-state index contributed by atoms with van der Waals surface area (Å²) in [7, 11) is -4.24. The van der Waals surface area contributed by atoms with Crippen LogP contribution in [0.2, 0.25) is 0 Å². The van der Waals surface area contributed by atoms with Crippen LogP contribution in [-0.4, -0.2) is 21.0 Å². The molecule has 1 atom stereocenters. The first-order valence-corrected chi connectivity index (χ1v) is 7.62. The summed E-state index contributed by atoms with van der Waals surface area (Å²) >= 11 is 0. The Balaban J connectivity index is 2.34. The smallest absolute Gasteiger partial charge is 0.329 e. The maximum Gasteiger partial charge on any atom is 0.417 e. The van der Waals surface area contributed by atoms with Crippen molar-refractivity contribution in [1.29, 1.82) is 0 Å². The van der Waals surface area contributed by atoms with Crippen molar-refractivity contribution in [2.75, 3.05) is 6.54 Å². The third kappa shape index (κ3) is 3.31. The van der Waals surface area contributed by atoms with Crippen LogP contribution in [0.4, 0.5) is 13.2 Å². The summed E-state index contributed by atoms with van der Waals surface area (Å²) in [5.74, 6) is 0.118. The third-order valence-corrected chi connectivity index (χ3v) is 4.78. The second kappa shape index (κ2) is 5.34. The molecule has 0 spiro atoms. The predicted octanol–water partition coefficient (Wildman–Crippen LogP) is 1.72. The Morgan fingerprint density at radius 3 is 2.40 bits per heavy atom. The summed E-state index contributed by atoms with van der Waals surface area (Å²) in [6.45, 7) is 0.0675. The quantitative estimate of drug-likeness (QED) is 0.870. The number of hydrogen-bond donors (Lipinski definition) is 2. The Labute approximate surface area is 115 Å². The summed E-state index contributed by atoms with van der Waals surface area (Å²) in [5.41, 5.74) is 4.31. The maximum absolute atomic E-state index is 12.9. The highest BCUT2D eigenvalue weighted by molar-refractivity contribution is 7.89. The van der Waals surface area contributed by atoms with Crippen LogP contribution in [0.5, 0.6) is 0 Å². The molecule has 0 radical (unpaired) electrons. The van der Waals surface area contributed by atoms with Crippen molar-refractivity contribution < 1.29 is 21.6 Å². The molecule has 1 saturated carbocycles. The van der Waals surface area contributed by atoms with E-state index in [1.165, 1.54) is 6.07 Å². The number of benzene rings is 1. The van der Waals surface area contributed by atoms with Crippen LogP contribution in [-0.2, 0) is 16.2 Å². The minimum absolute atomic E-state index is 0.0675. The lowest BCUT2D eigenvalue weighted by Crippen LogP contribution is -2.42. The molecule has 112 valence electrons. The van der Waals surface area contributed by atoms with Crippen LogP contribution in [0.15, 0.2) is 29.2 Å². The molecular weight excluding hydrogens is 293 g/mol. The lowest BCUT2D eigenvalue weighted by Gasteiger charge is -2.18. The topological polar surface area (TPSA) is 72.2 Å². The van der Waals surface area contributed by atoms with Crippen LogP contribution < -0.4 is 10.5 Å². The van der Waals surface area contributed by atoms with Crippen LogP contribution >= 0.6 is 0 Å². The van der Waals surface area contributed by atoms with E-state index in [4.69, 9.17) is 5.73 Å². The molecule has 8 heteroatoms. The summed E-state index contributed by atoms with van der Waals surface area (Å²) in [4.78, 5) is -0.758. The van der Waals surface area contributed by atoms with E-state index in [0.29, 0.717) is 0 Å². The van der Waals surface area contributed by atoms with Crippen molar-refractivity contribution in [2.45, 2.75) is 30.0 Å². The Morgan fingerprint density at radius 1 is 1.30 bits per heavy atom. The SMILES string of the molecule is NCC(NS(=O)(=O)c1ccccc1C(F)(F)F)C1CC1. The first kappa shape index (κ1) is 15.3. The van der Waals surface area contributed by atoms with Crippen molar-refractivity contribution in [3.05, 3.63) is 29.8 Å². The Kier molecular flexibility index (Phi) is 4.08. The molecule has 0 amide bonds. The number of alkyl halides is 3. The molecule has 2 rings (SSSR count). The Hall–Kier alpha value is -1.12. The van der Waals surface area contributed by atoms with Crippen molar-refractivity contribution in [3.63, 3.8) is 0 Å². The van der Waals surface area contributed by atoms with E-state index >= 15 is 0 Å². The van der Waals surface area contributed by atoms with E-state index in [0.717, 1.165) is 31.0 Å². The second-order valence-electron chi connectivity index (χ2n) is 4.79. The molecule has 1 aromatic rings. The molecule has 0 bridgehead atoms. The number of rotatable bonds is 5. The summed E-state index contributed by atoms with van der Waals surface area (Å²) in [5, 5.41) is 0. The lowest BCUT2D eigenvalue weighted by atomic mass is 10.2. The fraction of sp³-hybridized carbons (Fsp3) is 0.500. The molecule has 1 fully saturated rings. The minimum atomic E-state index is -4.72. The molecule has 4 nitrogen and oxygen atoms in total. The molecule has 3 N–H and O–H groups in total. The van der Waals surface area contributed by atoms with Gasteiger partial charge in [-0.25, -0.2) is 13.1 Å². The van der Waals surface area contributed by atoms with Gasteiger partial charge in [0.2, 0.25) is 10.0 Å². The number of nitrogens with two attached hydrogens (primary N) is 1. The molecule has 20 heavy (non-hydrogen) atoms. The highest BCUT2D eigenvalue weighted by Gasteiger charge is 2.39. The van der Waals surface area contributed by atoms with Crippen molar-refractivity contribution in [1.82, 2.24) is 4.72 Å². The van der Waals surface area contributed by atoms with Crippen LogP contribution in [0.3, 0.4) is 0 Å². The van der Waals surface area contributed by atoms with Gasteiger partial charge in [0.15, 0.2) is 0 Å². The summed E-state index contributed by atoms with van der Waals surface area (Å²) < 4.78 is 65.1. The number of sulfonamides is 1. The Morgan fingerprint density at radius 2 is 1.90 bits per heavy atom. The standard InChI is InChI=1S/C12H15F3N2O2S/c13-12(14,15)9-3-1-2-4-11(9)20(18,19)17-10(7-16)8-5-6-8/h1-4,8,10,17H,5-7,16H2. The molecule has 1 aliphatic rings. The first-order chi connectivity index (χ1) is 9.25. The van der Waals surface area contributed by atoms with Gasteiger partial charge in [0, 0.05) is 12.6 Å². The van der Waals surface area contributed by atoms with Crippen molar-refractivity contribution in [2.24, 2.45) is 11.7 Å². The number of halogens is 3. The van der Waals surface area contributed by atoms with E-state index < -0.39 is 32.7 Å². The van der Waals surface area contributed by atoms with Gasteiger partial charge in [-0.2, -0.15) is 13.2 Å². The van der Waals surface area contributed by atoms with Crippen LogP contribution in [0, 0.1) is 5.92 Å². The van der Waals surface area contributed by atoms with E-state index in [1.54, 1.807) is 0 Å². The number of hydrogen-bond acceptors (Lipinski definition) is 3. The van der Waals surface area contributed by atoms with Gasteiger partial charge in [-0.3, -0.25) is 0 Å². The van der Waals surface area contributed by atoms with Crippen LogP contribution in [0.25, 0.3) is 0 Å². The molecule has 0 saturated heterocycles. The van der Waals surface area contributed by atoms with Crippen LogP contribution in [0.1, 0.15) is 18.4 Å². The Bertz CT molecular complexity index is 583. The zero-order valence-electron chi connectivity index (χ0n) is 10.5.